The molecule has 72 valence electrons. The summed E-state index contributed by atoms with van der Waals surface area (Å²) in [6.45, 7) is -0.691. The van der Waals surface area contributed by atoms with Crippen molar-refractivity contribution in [3.8, 4) is 0 Å². The molecule has 0 spiro atoms. The van der Waals surface area contributed by atoms with E-state index >= 15 is 0 Å². The Morgan fingerprint density at radius 1 is 1.77 bits per heavy atom. The van der Waals surface area contributed by atoms with Crippen molar-refractivity contribution < 1.29 is 13.6 Å². The van der Waals surface area contributed by atoms with Crippen LogP contribution in [0.5, 0.6) is 0 Å². The minimum atomic E-state index is -2.57. The van der Waals surface area contributed by atoms with Crippen LogP contribution in [0.2, 0.25) is 5.15 Å². The number of carbonyl (C=O) groups excluding carboxylic acids is 1. The summed E-state index contributed by atoms with van der Waals surface area (Å²) in [4.78, 5) is 11.0. The van der Waals surface area contributed by atoms with Gasteiger partial charge in [0, 0.05) is 6.07 Å². The van der Waals surface area contributed by atoms with Gasteiger partial charge in [0.15, 0.2) is 5.69 Å². The van der Waals surface area contributed by atoms with Gasteiger partial charge in [-0.25, -0.2) is 8.78 Å². The molecule has 0 aromatic carbocycles. The van der Waals surface area contributed by atoms with E-state index in [1.54, 1.807) is 0 Å². The quantitative estimate of drug-likeness (QED) is 0.782. The minimum absolute atomic E-state index is 0.00866. The summed E-state index contributed by atoms with van der Waals surface area (Å²) in [5, 5.41) is 7.95. The number of aromatic amines is 1. The molecule has 1 heterocycles. The molecule has 2 N–H and O–H groups in total. The Labute approximate surface area is 77.3 Å². The Kier molecular flexibility index (Phi) is 3.18. The number of amides is 1. The van der Waals surface area contributed by atoms with Crippen molar-refractivity contribution in [1.82, 2.24) is 15.5 Å². The lowest BCUT2D eigenvalue weighted by Crippen LogP contribution is -2.28. The summed E-state index contributed by atoms with van der Waals surface area (Å²) < 4.78 is 23.3. The second kappa shape index (κ2) is 4.18. The number of alkyl halides is 2. The third kappa shape index (κ3) is 2.98. The number of nitrogens with zero attached hydrogens (tertiary/aromatic N) is 1. The van der Waals surface area contributed by atoms with Gasteiger partial charge in [0.1, 0.15) is 5.15 Å². The predicted molar refractivity (Wildman–Crippen MR) is 41.9 cm³/mol. The number of aromatic nitrogens is 2. The van der Waals surface area contributed by atoms with Gasteiger partial charge in [-0.15, -0.1) is 0 Å². The lowest BCUT2D eigenvalue weighted by molar-refractivity contribution is 0.0887. The van der Waals surface area contributed by atoms with E-state index in [-0.39, 0.29) is 10.8 Å². The van der Waals surface area contributed by atoms with Gasteiger partial charge in [0.2, 0.25) is 0 Å². The zero-order valence-electron chi connectivity index (χ0n) is 6.35. The number of rotatable bonds is 3. The molecule has 0 aliphatic rings. The maximum Gasteiger partial charge on any atom is 0.272 e. The van der Waals surface area contributed by atoms with Crippen LogP contribution < -0.4 is 5.32 Å². The number of halogens is 3. The van der Waals surface area contributed by atoms with Crippen molar-refractivity contribution in [3.63, 3.8) is 0 Å². The monoisotopic (exact) mass is 209 g/mol. The fraction of sp³-hybridized carbons (Fsp3) is 0.333. The number of hydrogen-bond acceptors (Lipinski definition) is 2. The minimum Gasteiger partial charge on any atom is -0.345 e. The van der Waals surface area contributed by atoms with Crippen LogP contribution in [0.1, 0.15) is 10.5 Å². The van der Waals surface area contributed by atoms with Gasteiger partial charge in [0.25, 0.3) is 12.3 Å². The van der Waals surface area contributed by atoms with Crippen molar-refractivity contribution in [2.75, 3.05) is 6.54 Å². The first-order chi connectivity index (χ1) is 6.09. The normalized spacial score (nSPS) is 10.5. The van der Waals surface area contributed by atoms with Crippen LogP contribution in [0.4, 0.5) is 8.78 Å². The number of carbonyl (C=O) groups is 1. The fourth-order valence-electron chi connectivity index (χ4n) is 0.675. The molecule has 0 saturated heterocycles. The largest absolute Gasteiger partial charge is 0.345 e. The number of H-pyrrole nitrogens is 1. The standard InChI is InChI=1S/C6H6ClF2N3O/c7-4-1-3(11-12-4)6(13)10-2-5(8)9/h1,5H,2H2,(H,10,13)(H,11,12). The van der Waals surface area contributed by atoms with Crippen LogP contribution in [0.25, 0.3) is 0 Å². The highest BCUT2D eigenvalue weighted by molar-refractivity contribution is 6.29. The molecule has 0 fully saturated rings. The molecule has 0 bridgehead atoms. The van der Waals surface area contributed by atoms with Gasteiger partial charge in [-0.1, -0.05) is 11.6 Å². The highest BCUT2D eigenvalue weighted by Gasteiger charge is 2.11. The van der Waals surface area contributed by atoms with E-state index in [1.165, 1.54) is 6.07 Å². The molecule has 1 aromatic heterocycles. The van der Waals surface area contributed by atoms with Gasteiger partial charge < -0.3 is 5.32 Å². The van der Waals surface area contributed by atoms with Crippen molar-refractivity contribution in [2.45, 2.75) is 6.43 Å². The molecule has 0 aliphatic carbocycles. The molecule has 0 atom stereocenters. The second-order valence-corrected chi connectivity index (χ2v) is 2.61. The van der Waals surface area contributed by atoms with Crippen LogP contribution in [0.15, 0.2) is 6.07 Å². The summed E-state index contributed by atoms with van der Waals surface area (Å²) in [6.07, 6.45) is -2.57. The van der Waals surface area contributed by atoms with Crippen molar-refractivity contribution in [2.24, 2.45) is 0 Å². The first-order valence-corrected chi connectivity index (χ1v) is 3.74. The third-order valence-corrected chi connectivity index (χ3v) is 1.39. The van der Waals surface area contributed by atoms with Crippen LogP contribution in [-0.4, -0.2) is 29.1 Å². The van der Waals surface area contributed by atoms with Crippen LogP contribution in [0, 0.1) is 0 Å². The highest BCUT2D eigenvalue weighted by Crippen LogP contribution is 2.04. The molecule has 13 heavy (non-hydrogen) atoms. The Hall–Kier alpha value is -1.17. The maximum atomic E-state index is 11.6. The van der Waals surface area contributed by atoms with Crippen molar-refractivity contribution >= 4 is 17.5 Å². The van der Waals surface area contributed by atoms with Crippen molar-refractivity contribution in [3.05, 3.63) is 16.9 Å². The molecule has 4 nitrogen and oxygen atoms in total. The topological polar surface area (TPSA) is 57.8 Å². The average Bonchev–Trinajstić information content (AvgIpc) is 2.47. The molecule has 0 unspecified atom stereocenters. The molecule has 0 saturated carbocycles. The summed E-state index contributed by atoms with van der Waals surface area (Å²) in [6, 6.07) is 1.25. The molecule has 0 radical (unpaired) electrons. The van der Waals surface area contributed by atoms with Gasteiger partial charge in [0.05, 0.1) is 6.54 Å². The first-order valence-electron chi connectivity index (χ1n) is 3.37. The summed E-state index contributed by atoms with van der Waals surface area (Å²) in [5.74, 6) is -0.677. The number of nitrogens with one attached hydrogen (secondary N) is 2. The molecular weight excluding hydrogens is 204 g/mol. The molecule has 0 aliphatic heterocycles. The Morgan fingerprint density at radius 3 is 2.92 bits per heavy atom. The molecule has 1 aromatic rings. The van der Waals surface area contributed by atoms with E-state index in [0.717, 1.165) is 0 Å². The smallest absolute Gasteiger partial charge is 0.272 e. The van der Waals surface area contributed by atoms with E-state index < -0.39 is 18.9 Å². The lowest BCUT2D eigenvalue weighted by atomic mass is 10.4. The summed E-state index contributed by atoms with van der Waals surface area (Å²) in [7, 11) is 0. The number of hydrogen-bond donors (Lipinski definition) is 2. The van der Waals surface area contributed by atoms with E-state index in [2.05, 4.69) is 10.2 Å². The second-order valence-electron chi connectivity index (χ2n) is 2.20. The van der Waals surface area contributed by atoms with Crippen LogP contribution in [0.3, 0.4) is 0 Å². The summed E-state index contributed by atoms with van der Waals surface area (Å²) >= 11 is 5.42. The van der Waals surface area contributed by atoms with Gasteiger partial charge in [-0.2, -0.15) is 5.10 Å². The lowest BCUT2D eigenvalue weighted by Gasteiger charge is -2.00. The zero-order chi connectivity index (χ0) is 9.84. The fourth-order valence-corrected chi connectivity index (χ4v) is 0.821. The van der Waals surface area contributed by atoms with Crippen LogP contribution in [-0.2, 0) is 0 Å². The Bertz CT molecular complexity index is 302. The SMILES string of the molecule is O=C(NCC(F)F)c1cc(Cl)[nH]n1. The first kappa shape index (κ1) is 9.91. The highest BCUT2D eigenvalue weighted by atomic mass is 35.5. The van der Waals surface area contributed by atoms with E-state index in [9.17, 15) is 13.6 Å². The third-order valence-electron chi connectivity index (χ3n) is 1.20. The van der Waals surface area contributed by atoms with Gasteiger partial charge >= 0.3 is 0 Å². The van der Waals surface area contributed by atoms with E-state index in [4.69, 9.17) is 11.6 Å². The predicted octanol–water partition coefficient (Wildman–Crippen LogP) is 1.06. The summed E-state index contributed by atoms with van der Waals surface area (Å²) in [5.41, 5.74) is -0.00866. The Balaban J connectivity index is 2.49. The van der Waals surface area contributed by atoms with E-state index in [1.807, 2.05) is 5.32 Å². The zero-order valence-corrected chi connectivity index (χ0v) is 7.11. The van der Waals surface area contributed by atoms with E-state index in [0.29, 0.717) is 0 Å². The molecule has 1 rings (SSSR count). The Morgan fingerprint density at radius 2 is 2.46 bits per heavy atom. The molecular formula is C6H6ClF2N3O. The molecule has 7 heteroatoms. The average molecular weight is 210 g/mol. The maximum absolute atomic E-state index is 11.6. The van der Waals surface area contributed by atoms with Crippen molar-refractivity contribution in [1.29, 1.82) is 0 Å². The van der Waals surface area contributed by atoms with Gasteiger partial charge in [-0.3, -0.25) is 9.89 Å². The van der Waals surface area contributed by atoms with Gasteiger partial charge in [-0.05, 0) is 0 Å². The molecule has 1 amide bonds. The van der Waals surface area contributed by atoms with Crippen LogP contribution >= 0.6 is 11.6 Å².